The van der Waals surface area contributed by atoms with Crippen molar-refractivity contribution in [1.82, 2.24) is 9.97 Å². The predicted molar refractivity (Wildman–Crippen MR) is 103 cm³/mol. The van der Waals surface area contributed by atoms with Crippen LogP contribution in [-0.2, 0) is 11.2 Å². The van der Waals surface area contributed by atoms with Gasteiger partial charge in [0, 0.05) is 10.4 Å². The molecule has 25 heavy (non-hydrogen) atoms. The lowest BCUT2D eigenvalue weighted by molar-refractivity contribution is -0.124. The normalized spacial score (nSPS) is 12.2. The number of ketones is 1. The number of rotatable bonds is 6. The van der Waals surface area contributed by atoms with Gasteiger partial charge < -0.3 is 4.74 Å². The van der Waals surface area contributed by atoms with Crippen molar-refractivity contribution in [3.63, 3.8) is 0 Å². The zero-order chi connectivity index (χ0) is 18.0. The van der Waals surface area contributed by atoms with Gasteiger partial charge in [-0.25, -0.2) is 9.97 Å². The maximum Gasteiger partial charge on any atom is 0.179 e. The molecule has 1 aromatic carbocycles. The third-order valence-electron chi connectivity index (χ3n) is 3.59. The van der Waals surface area contributed by atoms with Gasteiger partial charge in [0.15, 0.2) is 11.9 Å². The molecule has 0 saturated carbocycles. The Balaban J connectivity index is 1.65. The molecule has 0 bridgehead atoms. The number of aromatic nitrogens is 2. The van der Waals surface area contributed by atoms with Crippen LogP contribution in [0.4, 0.5) is 0 Å². The highest BCUT2D eigenvalue weighted by atomic mass is 35.5. The molecule has 3 aromatic rings. The molecule has 3 rings (SSSR count). The van der Waals surface area contributed by atoms with E-state index in [1.165, 1.54) is 11.3 Å². The lowest BCUT2D eigenvalue weighted by Gasteiger charge is -2.13. The Hall–Kier alpha value is -1.76. The number of hydrogen-bond acceptors (Lipinski definition) is 6. The number of hydrogen-bond donors (Lipinski definition) is 0. The van der Waals surface area contributed by atoms with E-state index in [9.17, 15) is 4.79 Å². The number of nitrogens with zero attached hydrogens (tertiary/aromatic N) is 2. The van der Waals surface area contributed by atoms with E-state index >= 15 is 0 Å². The van der Waals surface area contributed by atoms with Crippen molar-refractivity contribution in [2.24, 2.45) is 0 Å². The smallest absolute Gasteiger partial charge is 0.179 e. The van der Waals surface area contributed by atoms with Crippen LogP contribution in [0.15, 0.2) is 29.6 Å². The summed E-state index contributed by atoms with van der Waals surface area (Å²) in [6.07, 6.45) is -0.281. The van der Waals surface area contributed by atoms with Gasteiger partial charge in [-0.15, -0.1) is 22.7 Å². The number of carbonyl (C=O) groups excluding carboxylic acids is 1. The van der Waals surface area contributed by atoms with Gasteiger partial charge in [0.05, 0.1) is 27.7 Å². The van der Waals surface area contributed by atoms with Crippen LogP contribution in [0.3, 0.4) is 0 Å². The summed E-state index contributed by atoms with van der Waals surface area (Å²) in [4.78, 5) is 22.5. The molecule has 0 radical (unpaired) electrons. The number of thiazole rings is 2. The van der Waals surface area contributed by atoms with Gasteiger partial charge in [0.2, 0.25) is 0 Å². The van der Waals surface area contributed by atoms with Gasteiger partial charge in [0.1, 0.15) is 10.8 Å². The summed E-state index contributed by atoms with van der Waals surface area (Å²) in [6, 6.07) is 6.98. The highest BCUT2D eigenvalue weighted by Crippen LogP contribution is 2.30. The van der Waals surface area contributed by atoms with Gasteiger partial charge in [-0.05, 0) is 45.0 Å². The van der Waals surface area contributed by atoms with Crippen molar-refractivity contribution in [2.45, 2.75) is 33.3 Å². The molecular formula is C18H17ClN2O2S2. The van der Waals surface area contributed by atoms with Crippen LogP contribution in [0, 0.1) is 13.8 Å². The third-order valence-corrected chi connectivity index (χ3v) is 5.79. The Morgan fingerprint density at radius 2 is 1.96 bits per heavy atom. The van der Waals surface area contributed by atoms with Crippen molar-refractivity contribution in [1.29, 1.82) is 0 Å². The van der Waals surface area contributed by atoms with E-state index in [1.54, 1.807) is 42.5 Å². The van der Waals surface area contributed by atoms with Crippen LogP contribution >= 0.6 is 34.3 Å². The number of halogens is 1. The van der Waals surface area contributed by atoms with Gasteiger partial charge >= 0.3 is 0 Å². The second-order valence-corrected chi connectivity index (χ2v) is 8.21. The molecule has 0 fully saturated rings. The Bertz CT molecular complexity index is 887. The van der Waals surface area contributed by atoms with Gasteiger partial charge in [-0.1, -0.05) is 11.6 Å². The third kappa shape index (κ3) is 4.45. The quantitative estimate of drug-likeness (QED) is 0.584. The second kappa shape index (κ2) is 7.64. The van der Waals surface area contributed by atoms with Crippen LogP contribution in [-0.4, -0.2) is 21.9 Å². The van der Waals surface area contributed by atoms with Crippen LogP contribution in [0.1, 0.15) is 22.6 Å². The van der Waals surface area contributed by atoms with Gasteiger partial charge in [0.25, 0.3) is 0 Å². The summed E-state index contributed by atoms with van der Waals surface area (Å²) in [5, 5.41) is 4.42. The number of benzene rings is 1. The molecule has 7 heteroatoms. The highest BCUT2D eigenvalue weighted by Gasteiger charge is 2.18. The van der Waals surface area contributed by atoms with E-state index in [-0.39, 0.29) is 12.2 Å². The fraction of sp³-hybridized carbons (Fsp3) is 0.278. The van der Waals surface area contributed by atoms with Crippen LogP contribution in [0.2, 0.25) is 5.02 Å². The molecule has 0 N–H and O–H groups in total. The van der Waals surface area contributed by atoms with Crippen LogP contribution in [0.5, 0.6) is 5.75 Å². The van der Waals surface area contributed by atoms with Crippen molar-refractivity contribution in [2.75, 3.05) is 0 Å². The molecule has 0 aliphatic rings. The molecule has 0 amide bonds. The molecule has 2 heterocycles. The Labute approximate surface area is 159 Å². The Kier molecular flexibility index (Phi) is 5.51. The summed E-state index contributed by atoms with van der Waals surface area (Å²) >= 11 is 8.96. The summed E-state index contributed by atoms with van der Waals surface area (Å²) in [7, 11) is 0. The average Bonchev–Trinajstić information content (AvgIpc) is 3.15. The zero-order valence-electron chi connectivity index (χ0n) is 14.1. The monoisotopic (exact) mass is 392 g/mol. The molecule has 1 unspecified atom stereocenters. The van der Waals surface area contributed by atoms with E-state index in [0.717, 1.165) is 26.3 Å². The van der Waals surface area contributed by atoms with E-state index < -0.39 is 6.10 Å². The van der Waals surface area contributed by atoms with Crippen molar-refractivity contribution >= 4 is 40.1 Å². The molecule has 130 valence electrons. The molecule has 0 aliphatic carbocycles. The zero-order valence-corrected chi connectivity index (χ0v) is 16.5. The van der Waals surface area contributed by atoms with E-state index in [1.807, 2.05) is 19.2 Å². The van der Waals surface area contributed by atoms with Gasteiger partial charge in [-0.2, -0.15) is 0 Å². The average molecular weight is 393 g/mol. The first-order valence-corrected chi connectivity index (χ1v) is 9.83. The largest absolute Gasteiger partial charge is 0.483 e. The first-order chi connectivity index (χ1) is 11.9. The highest BCUT2D eigenvalue weighted by molar-refractivity contribution is 7.16. The molecule has 0 spiro atoms. The molecule has 2 aromatic heterocycles. The standard InChI is InChI=1S/C18H17ClN2O2S2/c1-10-18(25-12(3)20-10)15-9-24-17(21-15)8-16(22)11(2)23-14-6-4-13(19)5-7-14/h4-7,9,11H,8H2,1-3H3. The lowest BCUT2D eigenvalue weighted by Crippen LogP contribution is -2.25. The van der Waals surface area contributed by atoms with Crippen LogP contribution < -0.4 is 4.74 Å². The molecule has 4 nitrogen and oxygen atoms in total. The SMILES string of the molecule is Cc1nc(C)c(-c2csc(CC(=O)C(C)Oc3ccc(Cl)cc3)n2)s1. The van der Waals surface area contributed by atoms with E-state index in [0.29, 0.717) is 10.8 Å². The number of Topliss-reactive ketones (excluding diaryl/α,β-unsaturated/α-hetero) is 1. The van der Waals surface area contributed by atoms with Crippen molar-refractivity contribution < 1.29 is 9.53 Å². The lowest BCUT2D eigenvalue weighted by atomic mass is 10.2. The molecular weight excluding hydrogens is 376 g/mol. The summed E-state index contributed by atoms with van der Waals surface area (Å²) in [5.74, 6) is 0.619. The van der Waals surface area contributed by atoms with Crippen LogP contribution in [0.25, 0.3) is 10.6 Å². The minimum Gasteiger partial charge on any atom is -0.483 e. The fourth-order valence-corrected chi connectivity index (χ4v) is 4.22. The summed E-state index contributed by atoms with van der Waals surface area (Å²) < 4.78 is 5.68. The minimum absolute atomic E-state index is 0.00643. The Morgan fingerprint density at radius 1 is 1.24 bits per heavy atom. The van der Waals surface area contributed by atoms with Crippen molar-refractivity contribution in [3.8, 4) is 16.3 Å². The fourth-order valence-electron chi connectivity index (χ4n) is 2.34. The number of carbonyl (C=O) groups is 1. The summed E-state index contributed by atoms with van der Waals surface area (Å²) in [5.41, 5.74) is 1.87. The maximum atomic E-state index is 12.4. The molecule has 0 aliphatic heterocycles. The number of ether oxygens (including phenoxy) is 1. The maximum absolute atomic E-state index is 12.4. The topological polar surface area (TPSA) is 52.1 Å². The van der Waals surface area contributed by atoms with E-state index in [2.05, 4.69) is 9.97 Å². The molecule has 1 atom stereocenters. The van der Waals surface area contributed by atoms with Gasteiger partial charge in [-0.3, -0.25) is 4.79 Å². The molecule has 0 saturated heterocycles. The van der Waals surface area contributed by atoms with Crippen molar-refractivity contribution in [3.05, 3.63) is 50.4 Å². The first-order valence-electron chi connectivity index (χ1n) is 7.76. The predicted octanol–water partition coefficient (Wildman–Crippen LogP) is 5.12. The van der Waals surface area contributed by atoms with E-state index in [4.69, 9.17) is 16.3 Å². The number of aryl methyl sites for hydroxylation is 2. The second-order valence-electron chi connectivity index (χ2n) is 5.63. The Morgan fingerprint density at radius 3 is 2.60 bits per heavy atom. The minimum atomic E-state index is -0.541. The first kappa shape index (κ1) is 18.0. The summed E-state index contributed by atoms with van der Waals surface area (Å²) in [6.45, 7) is 5.71.